The van der Waals surface area contributed by atoms with Crippen molar-refractivity contribution in [2.75, 3.05) is 14.2 Å². The minimum Gasteiger partial charge on any atom is -0.504 e. The van der Waals surface area contributed by atoms with Gasteiger partial charge in [0.1, 0.15) is 0 Å². The molecule has 0 heterocycles. The predicted molar refractivity (Wildman–Crippen MR) is 56.7 cm³/mol. The van der Waals surface area contributed by atoms with Crippen LogP contribution in [0.3, 0.4) is 0 Å². The van der Waals surface area contributed by atoms with Gasteiger partial charge in [-0.05, 0) is 38.6 Å². The summed E-state index contributed by atoms with van der Waals surface area (Å²) in [5.74, 6) is 0.675. The molecule has 1 rings (SSSR count). The fourth-order valence-corrected chi connectivity index (χ4v) is 1.21. The number of benzene rings is 1. The van der Waals surface area contributed by atoms with E-state index in [-0.39, 0.29) is 11.3 Å². The van der Waals surface area contributed by atoms with Crippen molar-refractivity contribution in [2.45, 2.75) is 19.4 Å². The van der Waals surface area contributed by atoms with E-state index in [4.69, 9.17) is 4.74 Å². The zero-order valence-corrected chi connectivity index (χ0v) is 9.09. The van der Waals surface area contributed by atoms with E-state index in [1.165, 1.54) is 0 Å². The SMILES string of the molecule is CNC(C)(C)c1ccc(O)c(OC)c1. The zero-order chi connectivity index (χ0) is 10.8. The first kappa shape index (κ1) is 10.9. The van der Waals surface area contributed by atoms with Crippen LogP contribution in [0, 0.1) is 0 Å². The molecule has 0 amide bonds. The summed E-state index contributed by atoms with van der Waals surface area (Å²) in [5, 5.41) is 12.6. The molecule has 0 fully saturated rings. The van der Waals surface area contributed by atoms with Gasteiger partial charge in [-0.3, -0.25) is 0 Å². The fraction of sp³-hybridized carbons (Fsp3) is 0.455. The average Bonchev–Trinajstić information content (AvgIpc) is 2.18. The van der Waals surface area contributed by atoms with Gasteiger partial charge < -0.3 is 15.2 Å². The third kappa shape index (κ3) is 1.99. The molecule has 14 heavy (non-hydrogen) atoms. The quantitative estimate of drug-likeness (QED) is 0.773. The molecule has 3 heteroatoms. The summed E-state index contributed by atoms with van der Waals surface area (Å²) in [4.78, 5) is 0. The van der Waals surface area contributed by atoms with Crippen LogP contribution in [0.1, 0.15) is 19.4 Å². The van der Waals surface area contributed by atoms with Crippen LogP contribution in [0.2, 0.25) is 0 Å². The van der Waals surface area contributed by atoms with Crippen LogP contribution in [-0.4, -0.2) is 19.3 Å². The van der Waals surface area contributed by atoms with Crippen molar-refractivity contribution < 1.29 is 9.84 Å². The first-order valence-corrected chi connectivity index (χ1v) is 4.57. The molecule has 0 aromatic heterocycles. The maximum atomic E-state index is 9.43. The lowest BCUT2D eigenvalue weighted by atomic mass is 9.94. The van der Waals surface area contributed by atoms with Crippen LogP contribution < -0.4 is 10.1 Å². The zero-order valence-electron chi connectivity index (χ0n) is 9.09. The first-order valence-electron chi connectivity index (χ1n) is 4.57. The molecule has 0 aliphatic rings. The minimum absolute atomic E-state index is 0.124. The van der Waals surface area contributed by atoms with E-state index in [9.17, 15) is 5.11 Å². The Labute approximate surface area is 84.7 Å². The van der Waals surface area contributed by atoms with Gasteiger partial charge in [-0.15, -0.1) is 0 Å². The maximum Gasteiger partial charge on any atom is 0.160 e. The molecule has 0 bridgehead atoms. The maximum absolute atomic E-state index is 9.43. The van der Waals surface area contributed by atoms with E-state index in [1.54, 1.807) is 13.2 Å². The summed E-state index contributed by atoms with van der Waals surface area (Å²) >= 11 is 0. The van der Waals surface area contributed by atoms with Gasteiger partial charge in [0.2, 0.25) is 0 Å². The van der Waals surface area contributed by atoms with E-state index in [1.807, 2.05) is 19.2 Å². The molecular formula is C11H17NO2. The number of aromatic hydroxyl groups is 1. The Morgan fingerprint density at radius 3 is 2.50 bits per heavy atom. The van der Waals surface area contributed by atoms with Crippen molar-refractivity contribution in [2.24, 2.45) is 0 Å². The number of hydrogen-bond acceptors (Lipinski definition) is 3. The van der Waals surface area contributed by atoms with Gasteiger partial charge in [-0.2, -0.15) is 0 Å². The van der Waals surface area contributed by atoms with Crippen LogP contribution in [0.15, 0.2) is 18.2 Å². The first-order chi connectivity index (χ1) is 6.51. The Morgan fingerprint density at radius 1 is 1.36 bits per heavy atom. The van der Waals surface area contributed by atoms with Crippen LogP contribution >= 0.6 is 0 Å². The van der Waals surface area contributed by atoms with Crippen molar-refractivity contribution in [1.29, 1.82) is 0 Å². The molecule has 0 aliphatic carbocycles. The highest BCUT2D eigenvalue weighted by Gasteiger charge is 2.18. The lowest BCUT2D eigenvalue weighted by molar-refractivity contribution is 0.369. The van der Waals surface area contributed by atoms with E-state index < -0.39 is 0 Å². The molecule has 1 aromatic carbocycles. The molecule has 0 saturated heterocycles. The van der Waals surface area contributed by atoms with E-state index in [0.29, 0.717) is 5.75 Å². The van der Waals surface area contributed by atoms with Gasteiger partial charge in [0.15, 0.2) is 11.5 Å². The molecular weight excluding hydrogens is 178 g/mol. The molecule has 1 aromatic rings. The van der Waals surface area contributed by atoms with E-state index in [0.717, 1.165) is 5.56 Å². The standard InChI is InChI=1S/C11H17NO2/c1-11(2,12-3)8-5-6-9(13)10(7-8)14-4/h5-7,12-13H,1-4H3. The van der Waals surface area contributed by atoms with Crippen molar-refractivity contribution in [1.82, 2.24) is 5.32 Å². The Bertz CT molecular complexity index is 321. The van der Waals surface area contributed by atoms with Crippen LogP contribution in [-0.2, 0) is 5.54 Å². The summed E-state index contributed by atoms with van der Waals surface area (Å²) in [5.41, 5.74) is 0.954. The smallest absolute Gasteiger partial charge is 0.160 e. The Kier molecular flexibility index (Phi) is 3.01. The second-order valence-electron chi connectivity index (χ2n) is 3.76. The number of phenolic OH excluding ortho intramolecular Hbond substituents is 1. The molecule has 0 spiro atoms. The number of ether oxygens (including phenoxy) is 1. The van der Waals surface area contributed by atoms with Gasteiger partial charge in [0.25, 0.3) is 0 Å². The van der Waals surface area contributed by atoms with Crippen molar-refractivity contribution in [3.05, 3.63) is 23.8 Å². The lowest BCUT2D eigenvalue weighted by Crippen LogP contribution is -2.32. The molecule has 2 N–H and O–H groups in total. The summed E-state index contributed by atoms with van der Waals surface area (Å²) in [6.45, 7) is 4.14. The van der Waals surface area contributed by atoms with E-state index >= 15 is 0 Å². The van der Waals surface area contributed by atoms with E-state index in [2.05, 4.69) is 19.2 Å². The Hall–Kier alpha value is -1.22. The Balaban J connectivity index is 3.12. The average molecular weight is 195 g/mol. The van der Waals surface area contributed by atoms with Gasteiger partial charge in [0, 0.05) is 5.54 Å². The second kappa shape index (κ2) is 3.88. The number of methoxy groups -OCH3 is 1. The molecule has 0 atom stereocenters. The third-order valence-electron chi connectivity index (χ3n) is 2.53. The third-order valence-corrected chi connectivity index (χ3v) is 2.53. The number of phenols is 1. The lowest BCUT2D eigenvalue weighted by Gasteiger charge is -2.25. The van der Waals surface area contributed by atoms with Gasteiger partial charge in [0.05, 0.1) is 7.11 Å². The van der Waals surface area contributed by atoms with Crippen molar-refractivity contribution in [3.8, 4) is 11.5 Å². The summed E-state index contributed by atoms with van der Waals surface area (Å²) in [6, 6.07) is 5.37. The highest BCUT2D eigenvalue weighted by Crippen LogP contribution is 2.30. The summed E-state index contributed by atoms with van der Waals surface area (Å²) in [7, 11) is 3.45. The number of nitrogens with one attached hydrogen (secondary N) is 1. The van der Waals surface area contributed by atoms with Crippen molar-refractivity contribution in [3.63, 3.8) is 0 Å². The van der Waals surface area contributed by atoms with Gasteiger partial charge in [-0.1, -0.05) is 6.07 Å². The molecule has 0 aliphatic heterocycles. The van der Waals surface area contributed by atoms with Gasteiger partial charge in [-0.25, -0.2) is 0 Å². The molecule has 0 saturated carbocycles. The molecule has 0 radical (unpaired) electrons. The highest BCUT2D eigenvalue weighted by atomic mass is 16.5. The van der Waals surface area contributed by atoms with Crippen LogP contribution in [0.5, 0.6) is 11.5 Å². The highest BCUT2D eigenvalue weighted by molar-refractivity contribution is 5.43. The van der Waals surface area contributed by atoms with Crippen LogP contribution in [0.4, 0.5) is 0 Å². The number of rotatable bonds is 3. The monoisotopic (exact) mass is 195 g/mol. The summed E-state index contributed by atoms with van der Waals surface area (Å²) < 4.78 is 5.05. The number of hydrogen-bond donors (Lipinski definition) is 2. The second-order valence-corrected chi connectivity index (χ2v) is 3.76. The summed E-state index contributed by atoms with van der Waals surface area (Å²) in [6.07, 6.45) is 0. The predicted octanol–water partition coefficient (Wildman–Crippen LogP) is 1.86. The fourth-order valence-electron chi connectivity index (χ4n) is 1.21. The topological polar surface area (TPSA) is 41.5 Å². The minimum atomic E-state index is -0.124. The molecule has 3 nitrogen and oxygen atoms in total. The normalized spacial score (nSPS) is 11.4. The molecule has 0 unspecified atom stereocenters. The Morgan fingerprint density at radius 2 is 2.00 bits per heavy atom. The van der Waals surface area contributed by atoms with Crippen molar-refractivity contribution >= 4 is 0 Å². The van der Waals surface area contributed by atoms with Gasteiger partial charge >= 0.3 is 0 Å². The molecule has 78 valence electrons. The largest absolute Gasteiger partial charge is 0.504 e. The van der Waals surface area contributed by atoms with Crippen LogP contribution in [0.25, 0.3) is 0 Å².